The number of carbonyl (C=O) groups is 1. The molecule has 4 rings (SSSR count). The molecule has 0 bridgehead atoms. The van der Waals surface area contributed by atoms with E-state index in [4.69, 9.17) is 4.74 Å². The van der Waals surface area contributed by atoms with Crippen LogP contribution in [0.3, 0.4) is 0 Å². The van der Waals surface area contributed by atoms with Crippen molar-refractivity contribution < 1.29 is 9.53 Å². The monoisotopic (exact) mass is 350 g/mol. The summed E-state index contributed by atoms with van der Waals surface area (Å²) in [7, 11) is 0. The van der Waals surface area contributed by atoms with E-state index in [2.05, 4.69) is 41.8 Å². The van der Waals surface area contributed by atoms with Gasteiger partial charge in [-0.05, 0) is 24.5 Å². The standard InChI is InChI=1S/C22H26N2O2/c1-2-8-18-13-17(23-15-16-9-4-3-5-10-16)14-22(26-18)19-11-6-7-12-20(19)24-21(22)25/h3-7,9-12,17-18,23H,2,8,13-15H2,1H3,(H,24,25)/t17-,18-,22?/m1/s1. The fourth-order valence-electron chi connectivity index (χ4n) is 4.25. The van der Waals surface area contributed by atoms with Crippen molar-refractivity contribution in [2.45, 2.75) is 56.9 Å². The Hall–Kier alpha value is -2.17. The SMILES string of the molecule is CCC[C@@H]1C[C@@H](NCc2ccccc2)CC2(O1)C(=O)Nc1ccccc12. The molecule has 2 heterocycles. The summed E-state index contributed by atoms with van der Waals surface area (Å²) in [6.07, 6.45) is 3.73. The highest BCUT2D eigenvalue weighted by Gasteiger charge is 2.53. The van der Waals surface area contributed by atoms with E-state index in [9.17, 15) is 4.79 Å². The number of benzene rings is 2. The van der Waals surface area contributed by atoms with Crippen LogP contribution in [0.2, 0.25) is 0 Å². The Bertz CT molecular complexity index is 777. The van der Waals surface area contributed by atoms with E-state index in [0.29, 0.717) is 6.42 Å². The molecular formula is C22H26N2O2. The average molecular weight is 350 g/mol. The predicted octanol–water partition coefficient (Wildman–Crippen LogP) is 3.97. The zero-order chi connectivity index (χ0) is 18.0. The molecule has 2 aromatic rings. The van der Waals surface area contributed by atoms with Crippen molar-refractivity contribution in [3.8, 4) is 0 Å². The van der Waals surface area contributed by atoms with E-state index >= 15 is 0 Å². The topological polar surface area (TPSA) is 50.4 Å². The van der Waals surface area contributed by atoms with Crippen molar-refractivity contribution in [1.29, 1.82) is 0 Å². The van der Waals surface area contributed by atoms with Gasteiger partial charge in [-0.15, -0.1) is 0 Å². The van der Waals surface area contributed by atoms with Gasteiger partial charge in [0.15, 0.2) is 5.60 Å². The van der Waals surface area contributed by atoms with Crippen molar-refractivity contribution in [2.24, 2.45) is 0 Å². The Balaban J connectivity index is 1.58. The van der Waals surface area contributed by atoms with Crippen LogP contribution in [-0.2, 0) is 21.7 Å². The molecule has 0 aliphatic carbocycles. The quantitative estimate of drug-likeness (QED) is 0.858. The van der Waals surface area contributed by atoms with Crippen molar-refractivity contribution in [2.75, 3.05) is 5.32 Å². The minimum absolute atomic E-state index is 0.0222. The molecule has 1 fully saturated rings. The lowest BCUT2D eigenvalue weighted by atomic mass is 9.82. The smallest absolute Gasteiger partial charge is 0.261 e. The van der Waals surface area contributed by atoms with Crippen LogP contribution in [0.5, 0.6) is 0 Å². The molecule has 2 aliphatic rings. The van der Waals surface area contributed by atoms with Crippen LogP contribution in [0.1, 0.15) is 43.7 Å². The summed E-state index contributed by atoms with van der Waals surface area (Å²) in [5.41, 5.74) is 2.27. The Kier molecular flexibility index (Phi) is 4.79. The van der Waals surface area contributed by atoms with Gasteiger partial charge in [-0.25, -0.2) is 0 Å². The van der Waals surface area contributed by atoms with E-state index in [1.54, 1.807) is 0 Å². The molecule has 4 heteroatoms. The molecule has 3 atom stereocenters. The lowest BCUT2D eigenvalue weighted by molar-refractivity contribution is -0.167. The van der Waals surface area contributed by atoms with E-state index in [1.807, 2.05) is 30.3 Å². The van der Waals surface area contributed by atoms with Crippen LogP contribution in [0.4, 0.5) is 5.69 Å². The number of ether oxygens (including phenoxy) is 1. The third kappa shape index (κ3) is 3.15. The molecule has 0 radical (unpaired) electrons. The maximum absolute atomic E-state index is 12.9. The molecular weight excluding hydrogens is 324 g/mol. The molecule has 4 nitrogen and oxygen atoms in total. The number of rotatable bonds is 5. The summed E-state index contributed by atoms with van der Waals surface area (Å²) in [6.45, 7) is 2.98. The Morgan fingerprint density at radius 3 is 2.73 bits per heavy atom. The first-order valence-corrected chi connectivity index (χ1v) is 9.57. The van der Waals surface area contributed by atoms with Gasteiger partial charge >= 0.3 is 0 Å². The fraction of sp³-hybridized carbons (Fsp3) is 0.409. The Morgan fingerprint density at radius 2 is 1.92 bits per heavy atom. The normalized spacial score (nSPS) is 27.3. The zero-order valence-corrected chi connectivity index (χ0v) is 15.2. The van der Waals surface area contributed by atoms with E-state index in [-0.39, 0.29) is 18.1 Å². The van der Waals surface area contributed by atoms with Crippen LogP contribution in [0, 0.1) is 0 Å². The lowest BCUT2D eigenvalue weighted by Gasteiger charge is -2.41. The van der Waals surface area contributed by atoms with E-state index in [0.717, 1.165) is 37.1 Å². The minimum atomic E-state index is -0.858. The molecule has 0 saturated carbocycles. The highest BCUT2D eigenvalue weighted by atomic mass is 16.5. The van der Waals surface area contributed by atoms with Crippen LogP contribution in [0.15, 0.2) is 54.6 Å². The second kappa shape index (κ2) is 7.22. The van der Waals surface area contributed by atoms with Gasteiger partial charge in [0.2, 0.25) is 0 Å². The molecule has 2 N–H and O–H groups in total. The van der Waals surface area contributed by atoms with Gasteiger partial charge in [0.25, 0.3) is 5.91 Å². The molecule has 2 aliphatic heterocycles. The van der Waals surface area contributed by atoms with Gasteiger partial charge in [0, 0.05) is 30.3 Å². The predicted molar refractivity (Wildman–Crippen MR) is 103 cm³/mol. The number of hydrogen-bond donors (Lipinski definition) is 2. The van der Waals surface area contributed by atoms with Crippen molar-refractivity contribution in [3.05, 3.63) is 65.7 Å². The van der Waals surface area contributed by atoms with Crippen LogP contribution in [0.25, 0.3) is 0 Å². The van der Waals surface area contributed by atoms with Gasteiger partial charge in [-0.2, -0.15) is 0 Å². The lowest BCUT2D eigenvalue weighted by Crippen LogP contribution is -2.52. The highest BCUT2D eigenvalue weighted by molar-refractivity contribution is 6.05. The first-order chi connectivity index (χ1) is 12.7. The molecule has 26 heavy (non-hydrogen) atoms. The average Bonchev–Trinajstić information content (AvgIpc) is 2.92. The van der Waals surface area contributed by atoms with Crippen molar-refractivity contribution in [3.63, 3.8) is 0 Å². The maximum Gasteiger partial charge on any atom is 0.261 e. The molecule has 1 amide bonds. The van der Waals surface area contributed by atoms with Crippen molar-refractivity contribution >= 4 is 11.6 Å². The number of amides is 1. The summed E-state index contributed by atoms with van der Waals surface area (Å²) in [5, 5.41) is 6.69. The molecule has 1 unspecified atom stereocenters. The summed E-state index contributed by atoms with van der Waals surface area (Å²) < 4.78 is 6.44. The summed E-state index contributed by atoms with van der Waals surface area (Å²) in [5.74, 6) is -0.0222. The number of para-hydroxylation sites is 1. The Morgan fingerprint density at radius 1 is 1.15 bits per heavy atom. The summed E-state index contributed by atoms with van der Waals surface area (Å²) in [6, 6.07) is 18.6. The second-order valence-electron chi connectivity index (χ2n) is 7.36. The van der Waals surface area contributed by atoms with Crippen LogP contribution in [-0.4, -0.2) is 18.1 Å². The molecule has 1 spiro atoms. The van der Waals surface area contributed by atoms with Gasteiger partial charge in [0.05, 0.1) is 6.10 Å². The number of carbonyl (C=O) groups excluding carboxylic acids is 1. The maximum atomic E-state index is 12.9. The van der Waals surface area contributed by atoms with E-state index < -0.39 is 5.60 Å². The van der Waals surface area contributed by atoms with Crippen molar-refractivity contribution in [1.82, 2.24) is 5.32 Å². The molecule has 136 valence electrons. The summed E-state index contributed by atoms with van der Waals surface area (Å²) >= 11 is 0. The first-order valence-electron chi connectivity index (χ1n) is 9.57. The third-order valence-corrected chi connectivity index (χ3v) is 5.47. The third-order valence-electron chi connectivity index (χ3n) is 5.47. The second-order valence-corrected chi connectivity index (χ2v) is 7.36. The molecule has 1 saturated heterocycles. The highest BCUT2D eigenvalue weighted by Crippen LogP contribution is 2.46. The molecule has 2 aromatic carbocycles. The van der Waals surface area contributed by atoms with Gasteiger partial charge in [-0.3, -0.25) is 4.79 Å². The largest absolute Gasteiger partial charge is 0.357 e. The van der Waals surface area contributed by atoms with E-state index in [1.165, 1.54) is 5.56 Å². The number of anilines is 1. The number of nitrogens with one attached hydrogen (secondary N) is 2. The summed E-state index contributed by atoms with van der Waals surface area (Å²) in [4.78, 5) is 12.9. The van der Waals surface area contributed by atoms with Gasteiger partial charge in [0.1, 0.15) is 0 Å². The zero-order valence-electron chi connectivity index (χ0n) is 15.2. The van der Waals surface area contributed by atoms with Crippen LogP contribution < -0.4 is 10.6 Å². The van der Waals surface area contributed by atoms with Gasteiger partial charge in [-0.1, -0.05) is 61.9 Å². The molecule has 0 aromatic heterocycles. The number of fused-ring (bicyclic) bond motifs is 2. The van der Waals surface area contributed by atoms with Crippen LogP contribution >= 0.6 is 0 Å². The number of hydrogen-bond acceptors (Lipinski definition) is 3. The Labute approximate surface area is 155 Å². The first kappa shape index (κ1) is 17.3. The minimum Gasteiger partial charge on any atom is -0.357 e. The van der Waals surface area contributed by atoms with Gasteiger partial charge < -0.3 is 15.4 Å². The fourth-order valence-corrected chi connectivity index (χ4v) is 4.25.